The van der Waals surface area contributed by atoms with E-state index in [0.29, 0.717) is 12.0 Å². The largest absolute Gasteiger partial charge is 0.357 e. The normalized spacial score (nSPS) is 19.4. The summed E-state index contributed by atoms with van der Waals surface area (Å²) in [5.74, 6) is 0.714. The first kappa shape index (κ1) is 12.2. The molecule has 1 aliphatic rings. The second-order valence-corrected chi connectivity index (χ2v) is 6.51. The second kappa shape index (κ2) is 4.71. The molecule has 1 atom stereocenters. The zero-order valence-electron chi connectivity index (χ0n) is 10.9. The van der Waals surface area contributed by atoms with Gasteiger partial charge in [-0.1, -0.05) is 29.8 Å². The summed E-state index contributed by atoms with van der Waals surface area (Å²) in [5, 5.41) is 5.02. The zero-order valence-corrected chi connectivity index (χ0v) is 12.5. The standard InChI is InChI=1S/C15H19BrN2/c1-9(2)7-14-15-11(5-6-17-14)12-8-10(16)3-4-13(12)18-15/h3-4,8-9,14,17-18H,5-7H2,1-2H3/t14-/m0/s1. The van der Waals surface area contributed by atoms with Gasteiger partial charge in [-0.15, -0.1) is 0 Å². The molecule has 0 unspecified atom stereocenters. The van der Waals surface area contributed by atoms with Gasteiger partial charge in [0, 0.05) is 27.1 Å². The lowest BCUT2D eigenvalue weighted by molar-refractivity contribution is 0.409. The van der Waals surface area contributed by atoms with Crippen LogP contribution in [0.25, 0.3) is 10.9 Å². The zero-order chi connectivity index (χ0) is 12.7. The van der Waals surface area contributed by atoms with E-state index in [9.17, 15) is 0 Å². The maximum Gasteiger partial charge on any atom is 0.0478 e. The van der Waals surface area contributed by atoms with Crippen molar-refractivity contribution < 1.29 is 0 Å². The van der Waals surface area contributed by atoms with Crippen molar-refractivity contribution in [3.63, 3.8) is 0 Å². The molecule has 96 valence electrons. The maximum absolute atomic E-state index is 3.64. The number of fused-ring (bicyclic) bond motifs is 3. The summed E-state index contributed by atoms with van der Waals surface area (Å²) in [5.41, 5.74) is 4.18. The van der Waals surface area contributed by atoms with E-state index in [1.807, 2.05) is 0 Å². The van der Waals surface area contributed by atoms with E-state index in [0.717, 1.165) is 17.4 Å². The van der Waals surface area contributed by atoms with Crippen molar-refractivity contribution in [1.82, 2.24) is 10.3 Å². The van der Waals surface area contributed by atoms with Crippen LogP contribution in [0.2, 0.25) is 0 Å². The van der Waals surface area contributed by atoms with Crippen molar-refractivity contribution in [3.8, 4) is 0 Å². The molecule has 3 rings (SSSR count). The molecule has 3 heteroatoms. The van der Waals surface area contributed by atoms with Crippen LogP contribution in [0.3, 0.4) is 0 Å². The summed E-state index contributed by atoms with van der Waals surface area (Å²) >= 11 is 3.57. The van der Waals surface area contributed by atoms with E-state index < -0.39 is 0 Å². The summed E-state index contributed by atoms with van der Waals surface area (Å²) < 4.78 is 1.16. The molecule has 1 aliphatic heterocycles. The van der Waals surface area contributed by atoms with Gasteiger partial charge in [-0.05, 0) is 49.1 Å². The van der Waals surface area contributed by atoms with Crippen LogP contribution < -0.4 is 5.32 Å². The van der Waals surface area contributed by atoms with E-state index in [4.69, 9.17) is 0 Å². The fourth-order valence-corrected chi connectivity index (χ4v) is 3.31. The predicted octanol–water partition coefficient (Wildman–Crippen LogP) is 4.16. The van der Waals surface area contributed by atoms with Crippen LogP contribution in [0.15, 0.2) is 22.7 Å². The molecular weight excluding hydrogens is 288 g/mol. The molecule has 2 nitrogen and oxygen atoms in total. The van der Waals surface area contributed by atoms with Crippen molar-refractivity contribution in [2.75, 3.05) is 6.54 Å². The molecule has 2 aromatic rings. The number of aromatic amines is 1. The lowest BCUT2D eigenvalue weighted by Crippen LogP contribution is -2.30. The van der Waals surface area contributed by atoms with Crippen LogP contribution in [0.4, 0.5) is 0 Å². The quantitative estimate of drug-likeness (QED) is 0.856. The number of benzene rings is 1. The van der Waals surface area contributed by atoms with Crippen molar-refractivity contribution in [2.24, 2.45) is 5.92 Å². The SMILES string of the molecule is CC(C)C[C@@H]1NCCc2c1[nH]c1ccc(Br)cc21. The van der Waals surface area contributed by atoms with E-state index in [2.05, 4.69) is 58.3 Å². The Balaban J connectivity index is 2.09. The minimum atomic E-state index is 0.486. The Labute approximate surface area is 116 Å². The van der Waals surface area contributed by atoms with E-state index in [-0.39, 0.29) is 0 Å². The average molecular weight is 307 g/mol. The van der Waals surface area contributed by atoms with Crippen LogP contribution >= 0.6 is 15.9 Å². The van der Waals surface area contributed by atoms with Crippen LogP contribution in [0, 0.1) is 5.92 Å². The molecule has 0 saturated carbocycles. The summed E-state index contributed by atoms with van der Waals surface area (Å²) in [7, 11) is 0. The molecule has 2 heterocycles. The number of nitrogens with one attached hydrogen (secondary N) is 2. The number of halogens is 1. The van der Waals surface area contributed by atoms with Crippen LogP contribution in [0.5, 0.6) is 0 Å². The summed E-state index contributed by atoms with van der Waals surface area (Å²) in [6.07, 6.45) is 2.32. The van der Waals surface area contributed by atoms with Gasteiger partial charge < -0.3 is 10.3 Å². The fourth-order valence-electron chi connectivity index (χ4n) is 2.95. The number of hydrogen-bond donors (Lipinski definition) is 2. The summed E-state index contributed by atoms with van der Waals surface area (Å²) in [6, 6.07) is 7.00. The first-order valence-electron chi connectivity index (χ1n) is 6.68. The molecule has 1 aromatic carbocycles. The Morgan fingerprint density at radius 1 is 1.39 bits per heavy atom. The predicted molar refractivity (Wildman–Crippen MR) is 79.9 cm³/mol. The van der Waals surface area contributed by atoms with E-state index >= 15 is 0 Å². The highest BCUT2D eigenvalue weighted by Crippen LogP contribution is 2.34. The first-order valence-corrected chi connectivity index (χ1v) is 7.48. The van der Waals surface area contributed by atoms with Crippen LogP contribution in [0.1, 0.15) is 37.6 Å². The Kier molecular flexibility index (Phi) is 3.20. The Bertz CT molecular complexity index is 571. The Morgan fingerprint density at radius 2 is 2.22 bits per heavy atom. The summed E-state index contributed by atoms with van der Waals surface area (Å²) in [6.45, 7) is 5.66. The van der Waals surface area contributed by atoms with Gasteiger partial charge in [-0.3, -0.25) is 0 Å². The highest BCUT2D eigenvalue weighted by molar-refractivity contribution is 9.10. The van der Waals surface area contributed by atoms with Gasteiger partial charge in [0.2, 0.25) is 0 Å². The van der Waals surface area contributed by atoms with Crippen molar-refractivity contribution in [1.29, 1.82) is 0 Å². The van der Waals surface area contributed by atoms with Gasteiger partial charge in [0.1, 0.15) is 0 Å². The molecule has 1 aromatic heterocycles. The van der Waals surface area contributed by atoms with E-state index in [1.165, 1.54) is 28.6 Å². The van der Waals surface area contributed by atoms with Gasteiger partial charge in [0.25, 0.3) is 0 Å². The van der Waals surface area contributed by atoms with Crippen molar-refractivity contribution in [3.05, 3.63) is 33.9 Å². The molecule has 0 spiro atoms. The maximum atomic E-state index is 3.64. The minimum Gasteiger partial charge on any atom is -0.357 e. The van der Waals surface area contributed by atoms with Gasteiger partial charge in [0.05, 0.1) is 0 Å². The third-order valence-corrected chi connectivity index (χ3v) is 4.22. The molecule has 18 heavy (non-hydrogen) atoms. The Hall–Kier alpha value is -0.800. The van der Waals surface area contributed by atoms with Crippen LogP contribution in [-0.2, 0) is 6.42 Å². The van der Waals surface area contributed by atoms with Gasteiger partial charge in [-0.2, -0.15) is 0 Å². The lowest BCUT2D eigenvalue weighted by atomic mass is 9.93. The molecule has 0 saturated heterocycles. The van der Waals surface area contributed by atoms with E-state index in [1.54, 1.807) is 0 Å². The average Bonchev–Trinajstić information content (AvgIpc) is 2.68. The third kappa shape index (κ3) is 2.10. The summed E-state index contributed by atoms with van der Waals surface area (Å²) in [4.78, 5) is 3.62. The Morgan fingerprint density at radius 3 is 3.00 bits per heavy atom. The van der Waals surface area contributed by atoms with Gasteiger partial charge >= 0.3 is 0 Å². The molecular formula is C15H19BrN2. The molecule has 0 fully saturated rings. The third-order valence-electron chi connectivity index (χ3n) is 3.72. The topological polar surface area (TPSA) is 27.8 Å². The lowest BCUT2D eigenvalue weighted by Gasteiger charge is -2.25. The molecule has 0 bridgehead atoms. The highest BCUT2D eigenvalue weighted by atomic mass is 79.9. The molecule has 2 N–H and O–H groups in total. The first-order chi connectivity index (χ1) is 8.65. The smallest absolute Gasteiger partial charge is 0.0478 e. The second-order valence-electron chi connectivity index (χ2n) is 5.59. The number of hydrogen-bond acceptors (Lipinski definition) is 1. The number of aromatic nitrogens is 1. The highest BCUT2D eigenvalue weighted by Gasteiger charge is 2.24. The molecule has 0 radical (unpaired) electrons. The molecule has 0 aliphatic carbocycles. The van der Waals surface area contributed by atoms with Crippen molar-refractivity contribution >= 4 is 26.8 Å². The van der Waals surface area contributed by atoms with Crippen LogP contribution in [-0.4, -0.2) is 11.5 Å². The number of H-pyrrole nitrogens is 1. The van der Waals surface area contributed by atoms with Gasteiger partial charge in [0.15, 0.2) is 0 Å². The minimum absolute atomic E-state index is 0.486. The van der Waals surface area contributed by atoms with Gasteiger partial charge in [-0.25, -0.2) is 0 Å². The monoisotopic (exact) mass is 306 g/mol. The molecule has 0 amide bonds. The van der Waals surface area contributed by atoms with Crippen molar-refractivity contribution in [2.45, 2.75) is 32.7 Å². The fraction of sp³-hybridized carbons (Fsp3) is 0.467. The number of rotatable bonds is 2.